The molecular formula is C24H34N4O7. The molecule has 5 aliphatic rings. The van der Waals surface area contributed by atoms with Gasteiger partial charge < -0.3 is 24.9 Å². The summed E-state index contributed by atoms with van der Waals surface area (Å²) in [5, 5.41) is 12.0. The lowest BCUT2D eigenvalue weighted by atomic mass is 9.58. The van der Waals surface area contributed by atoms with E-state index in [1.165, 1.54) is 12.5 Å². The van der Waals surface area contributed by atoms with Crippen LogP contribution in [0.2, 0.25) is 0 Å². The van der Waals surface area contributed by atoms with Gasteiger partial charge in [0.25, 0.3) is 0 Å². The predicted molar refractivity (Wildman–Crippen MR) is 122 cm³/mol. The molecule has 192 valence electrons. The minimum atomic E-state index is -1.11. The molecule has 0 aromatic carbocycles. The molecule has 1 aromatic rings. The lowest BCUT2D eigenvalue weighted by Gasteiger charge is -2.58. The maximum Gasteiger partial charge on any atom is 0.326 e. The highest BCUT2D eigenvalue weighted by molar-refractivity contribution is 5.84. The van der Waals surface area contributed by atoms with Crippen LogP contribution in [0.3, 0.4) is 0 Å². The summed E-state index contributed by atoms with van der Waals surface area (Å²) in [6.45, 7) is 6.40. The van der Waals surface area contributed by atoms with Crippen LogP contribution in [-0.4, -0.2) is 63.1 Å². The van der Waals surface area contributed by atoms with Crippen molar-refractivity contribution in [2.75, 3.05) is 6.54 Å². The summed E-state index contributed by atoms with van der Waals surface area (Å²) in [4.78, 5) is 47.3. The Hall–Kier alpha value is -2.50. The molecule has 1 spiro atoms. The Bertz CT molecular complexity index is 985. The van der Waals surface area contributed by atoms with Crippen molar-refractivity contribution in [2.45, 2.75) is 83.0 Å². The Kier molecular flexibility index (Phi) is 6.35. The number of aliphatic carboxylic acids is 1. The predicted octanol–water partition coefficient (Wildman–Crippen LogP) is 2.19. The lowest BCUT2D eigenvalue weighted by Crippen LogP contribution is -2.69. The summed E-state index contributed by atoms with van der Waals surface area (Å²) >= 11 is 0. The molecule has 0 radical (unpaired) electrons. The number of ether oxygens (including phenoxy) is 2. The van der Waals surface area contributed by atoms with Gasteiger partial charge in [0.1, 0.15) is 6.04 Å². The second-order valence-corrected chi connectivity index (χ2v) is 10.5. The number of nitrogens with zero attached hydrogens (tertiary/aromatic N) is 2. The van der Waals surface area contributed by atoms with Crippen molar-refractivity contribution >= 4 is 17.8 Å². The summed E-state index contributed by atoms with van der Waals surface area (Å²) in [6, 6.07) is -1.05. The topological polar surface area (TPSA) is 144 Å². The molecule has 1 aromatic heterocycles. The number of hydrogen-bond acceptors (Lipinski definition) is 8. The first-order valence-electron chi connectivity index (χ1n) is 12.5. The van der Waals surface area contributed by atoms with E-state index >= 15 is 0 Å². The molecular weight excluding hydrogens is 456 g/mol. The van der Waals surface area contributed by atoms with E-state index in [4.69, 9.17) is 19.2 Å². The second kappa shape index (κ2) is 9.18. The standard InChI is InChI=1S/C24H34N4O7/c1-13-4-5-17-14(2)20(32-22-24(17)16(13)6-8-23(3,33-22)34-35-24)26-9-7-19(29)28-18(21(30)31)10-15-11-25-12-27-15/h11-14,16-18,22H,4-10H2,1-3H3,(H,25,27)(H,28,29)(H,30,31). The van der Waals surface area contributed by atoms with Crippen molar-refractivity contribution < 1.29 is 33.9 Å². The number of imidazole rings is 1. The molecule has 1 saturated carbocycles. The second-order valence-electron chi connectivity index (χ2n) is 10.5. The number of carbonyl (C=O) groups excluding carboxylic acids is 1. The zero-order valence-corrected chi connectivity index (χ0v) is 20.4. The number of carbonyl (C=O) groups is 2. The molecule has 4 aliphatic heterocycles. The largest absolute Gasteiger partial charge is 0.480 e. The minimum Gasteiger partial charge on any atom is -0.480 e. The normalized spacial score (nSPS) is 39.9. The maximum atomic E-state index is 12.5. The fourth-order valence-corrected chi connectivity index (χ4v) is 6.31. The van der Waals surface area contributed by atoms with Crippen LogP contribution >= 0.6 is 0 Å². The number of carboxylic acids is 1. The molecule has 11 nitrogen and oxygen atoms in total. The molecule has 5 fully saturated rings. The van der Waals surface area contributed by atoms with E-state index in [-0.39, 0.29) is 43.0 Å². The Morgan fingerprint density at radius 3 is 2.86 bits per heavy atom. The Morgan fingerprint density at radius 2 is 2.11 bits per heavy atom. The van der Waals surface area contributed by atoms with Gasteiger partial charge in [0.15, 0.2) is 11.5 Å². The highest BCUT2D eigenvalue weighted by Crippen LogP contribution is 2.59. The number of aromatic amines is 1. The first kappa shape index (κ1) is 24.2. The zero-order valence-electron chi connectivity index (χ0n) is 20.4. The van der Waals surface area contributed by atoms with Gasteiger partial charge in [0, 0.05) is 48.9 Å². The molecule has 35 heavy (non-hydrogen) atoms. The van der Waals surface area contributed by atoms with Crippen LogP contribution in [-0.2, 0) is 35.3 Å². The fourth-order valence-electron chi connectivity index (χ4n) is 6.31. The van der Waals surface area contributed by atoms with Gasteiger partial charge in [0.05, 0.1) is 12.9 Å². The number of aromatic nitrogens is 2. The Balaban J connectivity index is 1.26. The van der Waals surface area contributed by atoms with Crippen LogP contribution in [0.5, 0.6) is 0 Å². The van der Waals surface area contributed by atoms with Crippen LogP contribution in [0.4, 0.5) is 0 Å². The van der Waals surface area contributed by atoms with E-state index in [0.717, 1.165) is 25.7 Å². The summed E-state index contributed by atoms with van der Waals surface area (Å²) in [6.07, 6.45) is 6.30. The molecule has 2 bridgehead atoms. The Labute approximate surface area is 203 Å². The molecule has 1 amide bonds. The van der Waals surface area contributed by atoms with Gasteiger partial charge in [-0.15, -0.1) is 0 Å². The van der Waals surface area contributed by atoms with Crippen molar-refractivity contribution in [3.63, 3.8) is 0 Å². The van der Waals surface area contributed by atoms with Crippen LogP contribution in [0.25, 0.3) is 0 Å². The molecule has 6 rings (SSSR count). The van der Waals surface area contributed by atoms with E-state index < -0.39 is 29.7 Å². The van der Waals surface area contributed by atoms with Crippen molar-refractivity contribution in [1.82, 2.24) is 15.3 Å². The molecule has 11 heteroatoms. The summed E-state index contributed by atoms with van der Waals surface area (Å²) < 4.78 is 12.6. The third-order valence-corrected chi connectivity index (χ3v) is 8.22. The van der Waals surface area contributed by atoms with Gasteiger partial charge in [0.2, 0.25) is 18.0 Å². The Morgan fingerprint density at radius 1 is 1.29 bits per heavy atom. The molecule has 4 saturated heterocycles. The van der Waals surface area contributed by atoms with Crippen molar-refractivity contribution in [2.24, 2.45) is 28.7 Å². The molecule has 8 atom stereocenters. The number of H-pyrrole nitrogens is 1. The van der Waals surface area contributed by atoms with E-state index in [0.29, 0.717) is 17.5 Å². The summed E-state index contributed by atoms with van der Waals surface area (Å²) in [5.74, 6) is -0.943. The van der Waals surface area contributed by atoms with Gasteiger partial charge >= 0.3 is 5.97 Å². The zero-order chi connectivity index (χ0) is 24.8. The smallest absolute Gasteiger partial charge is 0.326 e. The first-order valence-corrected chi connectivity index (χ1v) is 12.5. The van der Waals surface area contributed by atoms with E-state index in [1.807, 2.05) is 6.92 Å². The summed E-state index contributed by atoms with van der Waals surface area (Å²) in [5.41, 5.74) is -0.0285. The molecule has 3 N–H and O–H groups in total. The molecule has 5 heterocycles. The number of rotatable bonds is 7. The number of amides is 1. The van der Waals surface area contributed by atoms with E-state index in [1.54, 1.807) is 0 Å². The number of carboxylic acid groups (broad SMARTS) is 1. The van der Waals surface area contributed by atoms with Crippen LogP contribution in [0.1, 0.15) is 58.6 Å². The average molecular weight is 491 g/mol. The summed E-state index contributed by atoms with van der Waals surface area (Å²) in [7, 11) is 0. The third kappa shape index (κ3) is 4.34. The van der Waals surface area contributed by atoms with Crippen LogP contribution < -0.4 is 5.32 Å². The molecule has 8 unspecified atom stereocenters. The number of fused-ring (bicyclic) bond motifs is 2. The maximum absolute atomic E-state index is 12.5. The van der Waals surface area contributed by atoms with E-state index in [2.05, 4.69) is 34.1 Å². The first-order chi connectivity index (χ1) is 16.7. The fraction of sp³-hybridized carbons (Fsp3) is 0.750. The van der Waals surface area contributed by atoms with Crippen molar-refractivity contribution in [1.29, 1.82) is 0 Å². The number of nitrogens with one attached hydrogen (secondary N) is 2. The third-order valence-electron chi connectivity index (χ3n) is 8.22. The number of aliphatic imine (C=N–C) groups is 1. The minimum absolute atomic E-state index is 0.0221. The van der Waals surface area contributed by atoms with Gasteiger partial charge in [-0.05, 0) is 32.1 Å². The van der Waals surface area contributed by atoms with Crippen molar-refractivity contribution in [3.8, 4) is 0 Å². The average Bonchev–Trinajstić information content (AvgIpc) is 3.22. The number of hydrogen-bond donors (Lipinski definition) is 3. The SMILES string of the molecule is CC1CCC2C(C)C(=NCCC(=O)NC(Cc3cnc[nH]3)C(=O)O)OC3OC4(C)CCC1C32OO4. The quantitative estimate of drug-likeness (QED) is 0.494. The van der Waals surface area contributed by atoms with Gasteiger partial charge in [-0.2, -0.15) is 0 Å². The van der Waals surface area contributed by atoms with Gasteiger partial charge in [-0.1, -0.05) is 13.8 Å². The van der Waals surface area contributed by atoms with Crippen molar-refractivity contribution in [3.05, 3.63) is 18.2 Å². The highest BCUT2D eigenvalue weighted by atomic mass is 17.3. The van der Waals surface area contributed by atoms with E-state index in [9.17, 15) is 14.7 Å². The van der Waals surface area contributed by atoms with Crippen LogP contribution in [0, 0.1) is 23.7 Å². The highest BCUT2D eigenvalue weighted by Gasteiger charge is 2.69. The molecule has 1 aliphatic carbocycles. The lowest BCUT2D eigenvalue weighted by molar-refractivity contribution is -0.557. The monoisotopic (exact) mass is 490 g/mol. The van der Waals surface area contributed by atoms with Gasteiger partial charge in [-0.3, -0.25) is 9.79 Å². The van der Waals surface area contributed by atoms with Gasteiger partial charge in [-0.25, -0.2) is 19.6 Å². The van der Waals surface area contributed by atoms with Crippen LogP contribution in [0.15, 0.2) is 17.5 Å².